The van der Waals surface area contributed by atoms with Crippen molar-refractivity contribution < 1.29 is 4.79 Å². The van der Waals surface area contributed by atoms with Gasteiger partial charge < -0.3 is 4.98 Å². The number of nitrogens with one attached hydrogen (secondary N) is 1. The van der Waals surface area contributed by atoms with Gasteiger partial charge in [-0.05, 0) is 46.3 Å². The lowest BCUT2D eigenvalue weighted by molar-refractivity contribution is 0.104. The Kier molecular flexibility index (Phi) is 3.54. The van der Waals surface area contributed by atoms with Crippen LogP contribution < -0.4 is 0 Å². The van der Waals surface area contributed by atoms with E-state index in [1.54, 1.807) is 42.6 Å². The molecule has 0 amide bonds. The topological polar surface area (TPSA) is 56.6 Å². The van der Waals surface area contributed by atoms with Crippen LogP contribution in [0.3, 0.4) is 0 Å². The molecule has 3 aromatic rings. The van der Waals surface area contributed by atoms with Gasteiger partial charge in [0.25, 0.3) is 0 Å². The molecule has 2 aromatic carbocycles. The van der Waals surface area contributed by atoms with E-state index in [9.17, 15) is 4.79 Å². The van der Waals surface area contributed by atoms with Crippen LogP contribution >= 0.6 is 27.5 Å². The Morgan fingerprint density at radius 1 is 1.24 bits per heavy atom. The quantitative estimate of drug-likeness (QED) is 0.675. The maximum Gasteiger partial charge on any atom is 0.195 e. The molecule has 0 aliphatic carbocycles. The molecule has 0 saturated heterocycles. The summed E-state index contributed by atoms with van der Waals surface area (Å²) in [6.45, 7) is 0. The van der Waals surface area contributed by atoms with E-state index < -0.39 is 0 Å². The van der Waals surface area contributed by atoms with Gasteiger partial charge >= 0.3 is 0 Å². The van der Waals surface area contributed by atoms with E-state index in [4.69, 9.17) is 16.9 Å². The number of aromatic nitrogens is 1. The van der Waals surface area contributed by atoms with Crippen LogP contribution in [0.5, 0.6) is 0 Å². The second-order valence-electron chi connectivity index (χ2n) is 4.53. The molecular formula is C16H8BrClN2O. The molecule has 0 unspecified atom stereocenters. The predicted molar refractivity (Wildman–Crippen MR) is 85.6 cm³/mol. The number of carbonyl (C=O) groups excluding carboxylic acids is 1. The van der Waals surface area contributed by atoms with Crippen molar-refractivity contribution in [2.24, 2.45) is 0 Å². The van der Waals surface area contributed by atoms with Crippen molar-refractivity contribution in [2.45, 2.75) is 0 Å². The van der Waals surface area contributed by atoms with Gasteiger partial charge in [-0.1, -0.05) is 17.7 Å². The van der Waals surface area contributed by atoms with Crippen molar-refractivity contribution in [3.8, 4) is 6.07 Å². The van der Waals surface area contributed by atoms with E-state index in [1.165, 1.54) is 0 Å². The van der Waals surface area contributed by atoms with E-state index in [-0.39, 0.29) is 5.78 Å². The minimum atomic E-state index is -0.111. The van der Waals surface area contributed by atoms with Crippen LogP contribution in [-0.2, 0) is 0 Å². The van der Waals surface area contributed by atoms with Crippen LogP contribution in [0.25, 0.3) is 10.9 Å². The summed E-state index contributed by atoms with van der Waals surface area (Å²) in [5.41, 5.74) is 2.40. The summed E-state index contributed by atoms with van der Waals surface area (Å²) in [5.74, 6) is -0.111. The van der Waals surface area contributed by atoms with Crippen molar-refractivity contribution >= 4 is 44.2 Å². The highest BCUT2D eigenvalue weighted by Crippen LogP contribution is 2.26. The summed E-state index contributed by atoms with van der Waals surface area (Å²) in [4.78, 5) is 15.6. The molecule has 0 aliphatic rings. The Balaban J connectivity index is 2.09. The van der Waals surface area contributed by atoms with Gasteiger partial charge in [0.15, 0.2) is 5.78 Å². The molecule has 0 radical (unpaired) electrons. The number of ketones is 1. The van der Waals surface area contributed by atoms with Crippen molar-refractivity contribution in [1.29, 1.82) is 5.26 Å². The first-order chi connectivity index (χ1) is 10.1. The van der Waals surface area contributed by atoms with Crippen LogP contribution in [0.15, 0.2) is 47.1 Å². The van der Waals surface area contributed by atoms with Gasteiger partial charge in [0.2, 0.25) is 0 Å². The molecule has 0 saturated carbocycles. The zero-order valence-electron chi connectivity index (χ0n) is 10.7. The minimum absolute atomic E-state index is 0.111. The highest BCUT2D eigenvalue weighted by molar-refractivity contribution is 9.10. The molecule has 21 heavy (non-hydrogen) atoms. The number of nitriles is 1. The standard InChI is InChI=1S/C16H8BrClN2O/c17-13-4-2-10(6-14(13)18)16(21)12-8-20-15-5-9(7-19)1-3-11(12)15/h1-6,8,20H. The normalized spacial score (nSPS) is 10.5. The minimum Gasteiger partial charge on any atom is -0.360 e. The van der Waals surface area contributed by atoms with E-state index in [0.29, 0.717) is 21.7 Å². The first kappa shape index (κ1) is 13.9. The fourth-order valence-electron chi connectivity index (χ4n) is 2.18. The molecular weight excluding hydrogens is 352 g/mol. The fourth-order valence-corrected chi connectivity index (χ4v) is 2.60. The number of rotatable bonds is 2. The lowest BCUT2D eigenvalue weighted by Crippen LogP contribution is -2.00. The van der Waals surface area contributed by atoms with Crippen LogP contribution in [-0.4, -0.2) is 10.8 Å². The van der Waals surface area contributed by atoms with Gasteiger partial charge in [-0.25, -0.2) is 0 Å². The Labute approximate surface area is 134 Å². The number of hydrogen-bond acceptors (Lipinski definition) is 2. The molecule has 0 bridgehead atoms. The summed E-state index contributed by atoms with van der Waals surface area (Å²) in [7, 11) is 0. The number of H-pyrrole nitrogens is 1. The third kappa shape index (κ3) is 2.46. The Hall–Kier alpha value is -2.09. The van der Waals surface area contributed by atoms with Gasteiger partial charge in [-0.2, -0.15) is 5.26 Å². The monoisotopic (exact) mass is 358 g/mol. The molecule has 1 heterocycles. The van der Waals surface area contributed by atoms with E-state index >= 15 is 0 Å². The summed E-state index contributed by atoms with van der Waals surface area (Å²) in [6.07, 6.45) is 1.66. The molecule has 3 rings (SSSR count). The number of aromatic amines is 1. The second kappa shape index (κ2) is 5.36. The first-order valence-electron chi connectivity index (χ1n) is 6.11. The summed E-state index contributed by atoms with van der Waals surface area (Å²) in [5, 5.41) is 10.2. The molecule has 0 fully saturated rings. The molecule has 0 aliphatic heterocycles. The zero-order valence-corrected chi connectivity index (χ0v) is 13.0. The molecule has 3 nitrogen and oxygen atoms in total. The van der Waals surface area contributed by atoms with Crippen molar-refractivity contribution in [3.63, 3.8) is 0 Å². The lowest BCUT2D eigenvalue weighted by atomic mass is 10.0. The van der Waals surface area contributed by atoms with Crippen molar-refractivity contribution in [2.75, 3.05) is 0 Å². The first-order valence-corrected chi connectivity index (χ1v) is 7.28. The average molecular weight is 360 g/mol. The average Bonchev–Trinajstić information content (AvgIpc) is 2.92. The van der Waals surface area contributed by atoms with Crippen LogP contribution in [0.4, 0.5) is 0 Å². The fraction of sp³-hybridized carbons (Fsp3) is 0. The van der Waals surface area contributed by atoms with Gasteiger partial charge in [0.1, 0.15) is 0 Å². The van der Waals surface area contributed by atoms with Gasteiger partial charge in [-0.3, -0.25) is 4.79 Å². The van der Waals surface area contributed by atoms with Crippen LogP contribution in [0, 0.1) is 11.3 Å². The van der Waals surface area contributed by atoms with Gasteiger partial charge in [0, 0.05) is 32.7 Å². The Morgan fingerprint density at radius 3 is 2.76 bits per heavy atom. The summed E-state index contributed by atoms with van der Waals surface area (Å²) in [6, 6.07) is 12.4. The number of hydrogen-bond donors (Lipinski definition) is 1. The van der Waals surface area contributed by atoms with Crippen LogP contribution in [0.1, 0.15) is 21.5 Å². The maximum absolute atomic E-state index is 12.6. The molecule has 1 N–H and O–H groups in total. The third-order valence-electron chi connectivity index (χ3n) is 3.24. The zero-order chi connectivity index (χ0) is 15.0. The summed E-state index contributed by atoms with van der Waals surface area (Å²) < 4.78 is 0.748. The molecule has 102 valence electrons. The Morgan fingerprint density at radius 2 is 2.05 bits per heavy atom. The number of carbonyl (C=O) groups is 1. The maximum atomic E-state index is 12.6. The highest BCUT2D eigenvalue weighted by atomic mass is 79.9. The smallest absolute Gasteiger partial charge is 0.195 e. The van der Waals surface area contributed by atoms with Gasteiger partial charge in [0.05, 0.1) is 16.7 Å². The largest absolute Gasteiger partial charge is 0.360 e. The Bertz CT molecular complexity index is 908. The van der Waals surface area contributed by atoms with E-state index in [0.717, 1.165) is 15.4 Å². The van der Waals surface area contributed by atoms with Crippen molar-refractivity contribution in [3.05, 3.63) is 68.8 Å². The second-order valence-corrected chi connectivity index (χ2v) is 5.79. The number of benzene rings is 2. The third-order valence-corrected chi connectivity index (χ3v) is 4.47. The molecule has 0 spiro atoms. The van der Waals surface area contributed by atoms with E-state index in [1.807, 2.05) is 0 Å². The highest BCUT2D eigenvalue weighted by Gasteiger charge is 2.15. The van der Waals surface area contributed by atoms with Gasteiger partial charge in [-0.15, -0.1) is 0 Å². The van der Waals surface area contributed by atoms with Crippen LogP contribution in [0.2, 0.25) is 5.02 Å². The number of halogens is 2. The number of fused-ring (bicyclic) bond motifs is 1. The van der Waals surface area contributed by atoms with Crippen molar-refractivity contribution in [1.82, 2.24) is 4.98 Å². The SMILES string of the molecule is N#Cc1ccc2c(C(=O)c3ccc(Br)c(Cl)c3)c[nH]c2c1. The lowest BCUT2D eigenvalue weighted by Gasteiger charge is -2.02. The van der Waals surface area contributed by atoms with E-state index in [2.05, 4.69) is 27.0 Å². The molecule has 0 atom stereocenters. The molecule has 5 heteroatoms. The predicted octanol–water partition coefficient (Wildman–Crippen LogP) is 4.69. The molecule has 1 aromatic heterocycles. The summed E-state index contributed by atoms with van der Waals surface area (Å²) >= 11 is 9.34. The number of nitrogens with zero attached hydrogens (tertiary/aromatic N) is 1.